The number of hydrogen-bond acceptors (Lipinski definition) is 3. The third-order valence-electron chi connectivity index (χ3n) is 4.79. The number of methoxy groups -OCH3 is 1. The fraction of sp³-hybridized carbons (Fsp3) is 0.667. The fourth-order valence-corrected chi connectivity index (χ4v) is 3.46. The lowest BCUT2D eigenvalue weighted by molar-refractivity contribution is -0.271. The summed E-state index contributed by atoms with van der Waals surface area (Å²) in [5.41, 5.74) is -3.81. The van der Waals surface area contributed by atoms with Crippen molar-refractivity contribution in [2.75, 3.05) is 39.8 Å². The molecule has 1 fully saturated rings. The van der Waals surface area contributed by atoms with Crippen molar-refractivity contribution in [3.05, 3.63) is 29.6 Å². The van der Waals surface area contributed by atoms with Gasteiger partial charge in [0.25, 0.3) is 0 Å². The summed E-state index contributed by atoms with van der Waals surface area (Å²) in [5.74, 6) is -0.278. The minimum atomic E-state index is -4.82. The number of hydrogen-bond donors (Lipinski definition) is 1. The topological polar surface area (TPSA) is 46.8 Å². The van der Waals surface area contributed by atoms with Gasteiger partial charge in [-0.15, -0.1) is 0 Å². The van der Waals surface area contributed by atoms with E-state index in [-0.39, 0.29) is 11.3 Å². The molecule has 0 aromatic heterocycles. The van der Waals surface area contributed by atoms with E-state index in [2.05, 4.69) is 5.32 Å². The van der Waals surface area contributed by atoms with E-state index in [4.69, 9.17) is 4.74 Å². The van der Waals surface area contributed by atoms with Gasteiger partial charge in [-0.05, 0) is 30.0 Å². The summed E-state index contributed by atoms with van der Waals surface area (Å²) < 4.78 is 60.2. The van der Waals surface area contributed by atoms with Crippen molar-refractivity contribution in [2.45, 2.75) is 37.5 Å². The average Bonchev–Trinajstić information content (AvgIpc) is 2.54. The number of alkyl halides is 3. The quantitative estimate of drug-likeness (QED) is 0.776. The van der Waals surface area contributed by atoms with Gasteiger partial charge in [-0.1, -0.05) is 13.8 Å². The molecule has 1 heterocycles. The molecule has 1 aromatic carbocycles. The van der Waals surface area contributed by atoms with Crippen LogP contribution >= 0.6 is 0 Å². The molecule has 1 saturated heterocycles. The molecule has 0 spiro atoms. The molecule has 1 radical (unpaired) electrons. The van der Waals surface area contributed by atoms with Gasteiger partial charge in [0.15, 0.2) is 5.60 Å². The lowest BCUT2D eigenvalue weighted by Gasteiger charge is -2.41. The van der Waals surface area contributed by atoms with Gasteiger partial charge in [0.1, 0.15) is 11.6 Å². The fourth-order valence-electron chi connectivity index (χ4n) is 3.46. The molecule has 1 N–H and O–H groups in total. The maximum Gasteiger partial charge on any atom is 0.418 e. The molecule has 1 aromatic rings. The molecule has 26 heavy (non-hydrogen) atoms. The molecule has 0 aliphatic carbocycles. The zero-order chi connectivity index (χ0) is 19.6. The Bertz CT molecular complexity index is 616. The maximum absolute atomic E-state index is 13.8. The van der Waals surface area contributed by atoms with Crippen molar-refractivity contribution in [2.24, 2.45) is 0 Å². The summed E-state index contributed by atoms with van der Waals surface area (Å²) in [5, 5.41) is 14.7. The van der Waals surface area contributed by atoms with Crippen LogP contribution in [-0.4, -0.2) is 61.6 Å². The summed E-state index contributed by atoms with van der Waals surface area (Å²) in [6, 6.07) is 3.73. The third-order valence-corrected chi connectivity index (χ3v) is 4.79. The lowest BCUT2D eigenvalue weighted by atomic mass is 9.74. The van der Waals surface area contributed by atoms with Crippen LogP contribution in [0.25, 0.3) is 0 Å². The Balaban J connectivity index is 2.33. The molecule has 8 heteroatoms. The van der Waals surface area contributed by atoms with Crippen molar-refractivity contribution >= 4 is 0 Å². The van der Waals surface area contributed by atoms with Gasteiger partial charge in [-0.2, -0.15) is 13.2 Å². The molecule has 0 amide bonds. The van der Waals surface area contributed by atoms with Crippen molar-refractivity contribution in [1.29, 1.82) is 0 Å². The van der Waals surface area contributed by atoms with Gasteiger partial charge in [0.2, 0.25) is 0 Å². The van der Waals surface area contributed by atoms with E-state index >= 15 is 0 Å². The number of nitrogens with zero attached hydrogens (tertiary/aromatic N) is 2. The van der Waals surface area contributed by atoms with E-state index in [0.717, 1.165) is 6.07 Å². The molecular formula is C18H25F4N2O2. The predicted octanol–water partition coefficient (Wildman–Crippen LogP) is 2.72. The monoisotopic (exact) mass is 377 g/mol. The minimum Gasteiger partial charge on any atom is -0.496 e. The van der Waals surface area contributed by atoms with Crippen molar-refractivity contribution in [1.82, 2.24) is 10.2 Å². The molecule has 1 aliphatic rings. The number of piperazine rings is 1. The van der Waals surface area contributed by atoms with Crippen LogP contribution in [0.3, 0.4) is 0 Å². The average molecular weight is 377 g/mol. The molecular weight excluding hydrogens is 352 g/mol. The standard InChI is InChI=1S/C18H25F4N2O2/c1-16(2,14-10-13(19)4-5-15(14)26-3)11-17(25,18(20,21)22)12-24-8-6-23-7-9-24/h4-5,10,25H,6-9,11-12H2,1-3H3. The molecule has 2 rings (SSSR count). The van der Waals surface area contributed by atoms with E-state index in [1.165, 1.54) is 19.2 Å². The van der Waals surface area contributed by atoms with E-state index < -0.39 is 36.0 Å². The second-order valence-electron chi connectivity index (χ2n) is 7.38. The predicted molar refractivity (Wildman–Crippen MR) is 89.9 cm³/mol. The highest BCUT2D eigenvalue weighted by Gasteiger charge is 2.56. The highest BCUT2D eigenvalue weighted by atomic mass is 19.4. The van der Waals surface area contributed by atoms with Gasteiger partial charge in [0.05, 0.1) is 7.11 Å². The molecule has 1 unspecified atom stereocenters. The smallest absolute Gasteiger partial charge is 0.418 e. The molecule has 0 bridgehead atoms. The Labute approximate surface area is 151 Å². The minimum absolute atomic E-state index is 0.288. The number of β-amino-alcohol motifs (C(OH)–C–C–N with tert-alkyl or cyclic N) is 1. The third kappa shape index (κ3) is 4.66. The molecule has 0 saturated carbocycles. The van der Waals surface area contributed by atoms with Crippen LogP contribution in [0.2, 0.25) is 0 Å². The zero-order valence-corrected chi connectivity index (χ0v) is 15.2. The first-order valence-electron chi connectivity index (χ1n) is 8.47. The number of aliphatic hydroxyl groups is 1. The Morgan fingerprint density at radius 2 is 1.81 bits per heavy atom. The van der Waals surface area contributed by atoms with E-state index in [9.17, 15) is 22.7 Å². The summed E-state index contributed by atoms with van der Waals surface area (Å²) >= 11 is 0. The second-order valence-corrected chi connectivity index (χ2v) is 7.38. The zero-order valence-electron chi connectivity index (χ0n) is 15.2. The Kier molecular flexibility index (Phi) is 6.20. The van der Waals surface area contributed by atoms with Crippen LogP contribution in [0.15, 0.2) is 18.2 Å². The first-order valence-corrected chi connectivity index (χ1v) is 8.47. The van der Waals surface area contributed by atoms with Gasteiger partial charge in [0, 0.05) is 38.3 Å². The lowest BCUT2D eigenvalue weighted by Crippen LogP contribution is -2.58. The highest BCUT2D eigenvalue weighted by Crippen LogP contribution is 2.44. The van der Waals surface area contributed by atoms with Crippen LogP contribution in [0.1, 0.15) is 25.8 Å². The normalized spacial score (nSPS) is 19.2. The Morgan fingerprint density at radius 1 is 1.19 bits per heavy atom. The van der Waals surface area contributed by atoms with Gasteiger partial charge in [-0.25, -0.2) is 9.71 Å². The molecule has 1 aliphatic heterocycles. The molecule has 1 atom stereocenters. The van der Waals surface area contributed by atoms with Crippen LogP contribution in [0.4, 0.5) is 17.6 Å². The largest absolute Gasteiger partial charge is 0.496 e. The van der Waals surface area contributed by atoms with Gasteiger partial charge in [-0.3, -0.25) is 4.90 Å². The summed E-state index contributed by atoms with van der Waals surface area (Å²) in [6.45, 7) is 4.22. The van der Waals surface area contributed by atoms with E-state index in [1.807, 2.05) is 0 Å². The van der Waals surface area contributed by atoms with Gasteiger partial charge >= 0.3 is 6.18 Å². The SMILES string of the molecule is COc1ccc(F)cc1C(C)(C)CC(O)(CN1CC[N]CC1)C(F)(F)F. The summed E-state index contributed by atoms with van der Waals surface area (Å²) in [7, 11) is 1.38. The van der Waals surface area contributed by atoms with Crippen LogP contribution in [-0.2, 0) is 5.41 Å². The van der Waals surface area contributed by atoms with Crippen molar-refractivity contribution < 1.29 is 27.4 Å². The maximum atomic E-state index is 13.8. The van der Waals surface area contributed by atoms with Crippen molar-refractivity contribution in [3.8, 4) is 5.75 Å². The number of rotatable bonds is 6. The number of benzene rings is 1. The number of halogens is 4. The van der Waals surface area contributed by atoms with Crippen LogP contribution in [0.5, 0.6) is 5.75 Å². The highest BCUT2D eigenvalue weighted by molar-refractivity contribution is 5.39. The molecule has 147 valence electrons. The Hall–Kier alpha value is -1.38. The van der Waals surface area contributed by atoms with E-state index in [0.29, 0.717) is 26.2 Å². The Morgan fingerprint density at radius 3 is 2.35 bits per heavy atom. The first-order chi connectivity index (χ1) is 12.0. The van der Waals surface area contributed by atoms with Gasteiger partial charge < -0.3 is 9.84 Å². The summed E-state index contributed by atoms with van der Waals surface area (Å²) in [6.07, 6.45) is -5.43. The first kappa shape index (κ1) is 20.9. The van der Waals surface area contributed by atoms with Crippen LogP contribution in [0, 0.1) is 5.82 Å². The second kappa shape index (κ2) is 7.70. The summed E-state index contributed by atoms with van der Waals surface area (Å²) in [4.78, 5) is 1.57. The molecule has 4 nitrogen and oxygen atoms in total. The van der Waals surface area contributed by atoms with Crippen molar-refractivity contribution in [3.63, 3.8) is 0 Å². The van der Waals surface area contributed by atoms with E-state index in [1.54, 1.807) is 18.7 Å². The number of ether oxygens (including phenoxy) is 1. The van der Waals surface area contributed by atoms with Crippen LogP contribution < -0.4 is 10.1 Å².